The zero-order chi connectivity index (χ0) is 35.6. The van der Waals surface area contributed by atoms with Gasteiger partial charge in [0.1, 0.15) is 17.4 Å². The van der Waals surface area contributed by atoms with Gasteiger partial charge in [0, 0.05) is 50.2 Å². The summed E-state index contributed by atoms with van der Waals surface area (Å²) >= 11 is 0. The number of carboxylic acids is 1. The maximum absolute atomic E-state index is 12.7. The summed E-state index contributed by atoms with van der Waals surface area (Å²) in [5.41, 5.74) is 2.99. The molecule has 0 saturated heterocycles. The SMILES string of the molecule is CN(CCNC(=O)c1ccc(CNC[C@H](O)c2ccc(O)c3[nH]c(=O)ccc23)cc1)C(=O)COc1cccc(C(C(=O)O)c2ccccc2)c1. The number of carbonyl (C=O) groups is 3. The Morgan fingerprint density at radius 1 is 0.900 bits per heavy atom. The van der Waals surface area contributed by atoms with Gasteiger partial charge in [-0.25, -0.2) is 0 Å². The zero-order valence-corrected chi connectivity index (χ0v) is 27.3. The maximum Gasteiger partial charge on any atom is 0.315 e. The highest BCUT2D eigenvalue weighted by Crippen LogP contribution is 2.29. The number of aliphatic hydroxyl groups excluding tert-OH is 1. The van der Waals surface area contributed by atoms with Crippen LogP contribution in [-0.2, 0) is 16.1 Å². The third kappa shape index (κ3) is 8.92. The standard InChI is InChI=1S/C38H38N4O8/c1-42(34(46)23-50-28-9-5-8-27(20-28)35(38(48)49)25-6-3-2-4-7-25)19-18-40-37(47)26-12-10-24(11-13-26)21-39-22-32(44)29-14-16-31(43)36-30(29)15-17-33(45)41-36/h2-17,20,32,35,39,43-44H,18-19,21-23H2,1H3,(H,40,47)(H,41,45)(H,48,49)/t32-,35?/m0/s1. The van der Waals surface area contributed by atoms with Crippen molar-refractivity contribution in [3.05, 3.63) is 141 Å². The van der Waals surface area contributed by atoms with Crippen LogP contribution in [0.3, 0.4) is 0 Å². The Hall–Kier alpha value is -5.98. The number of aromatic hydroxyl groups is 1. The molecule has 0 spiro atoms. The highest BCUT2D eigenvalue weighted by Gasteiger charge is 2.22. The van der Waals surface area contributed by atoms with Gasteiger partial charge in [-0.3, -0.25) is 19.2 Å². The summed E-state index contributed by atoms with van der Waals surface area (Å²) in [5, 5.41) is 37.2. The largest absolute Gasteiger partial charge is 0.506 e. The van der Waals surface area contributed by atoms with Gasteiger partial charge in [-0.05, 0) is 58.7 Å². The second kappa shape index (κ2) is 16.4. The first-order valence-corrected chi connectivity index (χ1v) is 16.0. The monoisotopic (exact) mass is 678 g/mol. The van der Waals surface area contributed by atoms with Crippen molar-refractivity contribution >= 4 is 28.7 Å². The number of rotatable bonds is 15. The molecule has 2 atom stereocenters. The molecular formula is C38H38N4O8. The number of amides is 2. The molecule has 1 aromatic heterocycles. The first kappa shape index (κ1) is 35.3. The predicted octanol–water partition coefficient (Wildman–Crippen LogP) is 3.54. The molecular weight excluding hydrogens is 640 g/mol. The summed E-state index contributed by atoms with van der Waals surface area (Å²) in [6, 6.07) is 28.5. The van der Waals surface area contributed by atoms with Gasteiger partial charge in [-0.15, -0.1) is 0 Å². The van der Waals surface area contributed by atoms with E-state index in [4.69, 9.17) is 4.74 Å². The van der Waals surface area contributed by atoms with Gasteiger partial charge in [0.2, 0.25) is 5.56 Å². The lowest BCUT2D eigenvalue weighted by atomic mass is 9.91. The number of phenols is 1. The molecule has 1 unspecified atom stereocenters. The average Bonchev–Trinajstić information content (AvgIpc) is 3.11. The number of phenolic OH excluding ortho intramolecular Hbond substituents is 1. The van der Waals surface area contributed by atoms with E-state index in [2.05, 4.69) is 15.6 Å². The predicted molar refractivity (Wildman–Crippen MR) is 187 cm³/mol. The van der Waals surface area contributed by atoms with E-state index in [0.29, 0.717) is 39.9 Å². The lowest BCUT2D eigenvalue weighted by Gasteiger charge is -2.18. The summed E-state index contributed by atoms with van der Waals surface area (Å²) < 4.78 is 5.68. The molecule has 50 heavy (non-hydrogen) atoms. The molecule has 2 amide bonds. The number of nitrogens with zero attached hydrogens (tertiary/aromatic N) is 1. The van der Waals surface area contributed by atoms with Crippen molar-refractivity contribution in [2.75, 3.05) is 33.3 Å². The summed E-state index contributed by atoms with van der Waals surface area (Å²) in [6.07, 6.45) is -0.895. The van der Waals surface area contributed by atoms with Crippen LogP contribution in [0, 0.1) is 0 Å². The van der Waals surface area contributed by atoms with Crippen LogP contribution in [-0.4, -0.2) is 76.3 Å². The van der Waals surface area contributed by atoms with E-state index < -0.39 is 18.0 Å². The van der Waals surface area contributed by atoms with Crippen LogP contribution >= 0.6 is 0 Å². The van der Waals surface area contributed by atoms with E-state index in [1.54, 1.807) is 92.0 Å². The number of hydrogen-bond acceptors (Lipinski definition) is 8. The van der Waals surface area contributed by atoms with Gasteiger partial charge in [0.05, 0.1) is 11.6 Å². The number of aliphatic hydroxyl groups is 1. The van der Waals surface area contributed by atoms with Gasteiger partial charge in [-0.1, -0.05) is 60.7 Å². The molecule has 0 aliphatic carbocycles. The second-order valence-corrected chi connectivity index (χ2v) is 11.7. The van der Waals surface area contributed by atoms with Gasteiger partial charge in [0.25, 0.3) is 11.8 Å². The molecule has 1 heterocycles. The molecule has 0 saturated carbocycles. The summed E-state index contributed by atoms with van der Waals surface area (Å²) in [4.78, 5) is 53.1. The van der Waals surface area contributed by atoms with Crippen molar-refractivity contribution in [1.29, 1.82) is 0 Å². The molecule has 5 rings (SSSR count). The van der Waals surface area contributed by atoms with Gasteiger partial charge >= 0.3 is 5.97 Å². The van der Waals surface area contributed by atoms with Gasteiger partial charge in [0.15, 0.2) is 6.61 Å². The Morgan fingerprint density at radius 3 is 2.38 bits per heavy atom. The Balaban J connectivity index is 1.04. The molecule has 0 aliphatic heterocycles. The Labute approximate surface area is 288 Å². The molecule has 4 aromatic carbocycles. The number of carboxylic acid groups (broad SMARTS) is 1. The van der Waals surface area contributed by atoms with E-state index >= 15 is 0 Å². The molecule has 0 aliphatic rings. The van der Waals surface area contributed by atoms with Crippen LogP contribution < -0.4 is 20.9 Å². The number of H-pyrrole nitrogens is 1. The summed E-state index contributed by atoms with van der Waals surface area (Å²) in [6.45, 7) is 0.854. The third-order valence-electron chi connectivity index (χ3n) is 8.24. The smallest absolute Gasteiger partial charge is 0.315 e. The zero-order valence-electron chi connectivity index (χ0n) is 27.3. The first-order valence-electron chi connectivity index (χ1n) is 16.0. The Morgan fingerprint density at radius 2 is 1.64 bits per heavy atom. The number of fused-ring (bicyclic) bond motifs is 1. The van der Waals surface area contributed by atoms with Crippen molar-refractivity contribution in [3.63, 3.8) is 0 Å². The topological polar surface area (TPSA) is 181 Å². The number of ether oxygens (including phenoxy) is 1. The molecule has 0 radical (unpaired) electrons. The minimum absolute atomic E-state index is 0.0759. The molecule has 0 fully saturated rings. The highest BCUT2D eigenvalue weighted by atomic mass is 16.5. The number of aliphatic carboxylic acids is 1. The number of carbonyl (C=O) groups excluding carboxylic acids is 2. The number of nitrogens with one attached hydrogen (secondary N) is 3. The number of benzene rings is 4. The van der Waals surface area contributed by atoms with Gasteiger partial charge in [-0.2, -0.15) is 0 Å². The number of aromatic nitrogens is 1. The Bertz CT molecular complexity index is 2010. The van der Waals surface area contributed by atoms with Crippen LogP contribution in [0.15, 0.2) is 108 Å². The lowest BCUT2D eigenvalue weighted by Crippen LogP contribution is -2.38. The van der Waals surface area contributed by atoms with E-state index in [0.717, 1.165) is 5.56 Å². The molecule has 6 N–H and O–H groups in total. The number of pyridine rings is 1. The Kier molecular flexibility index (Phi) is 11.6. The van der Waals surface area contributed by atoms with Crippen molar-refractivity contribution in [1.82, 2.24) is 20.5 Å². The molecule has 12 nitrogen and oxygen atoms in total. The van der Waals surface area contributed by atoms with E-state index in [9.17, 15) is 34.5 Å². The third-order valence-corrected chi connectivity index (χ3v) is 8.24. The van der Waals surface area contributed by atoms with Crippen molar-refractivity contribution < 1.29 is 34.4 Å². The molecule has 258 valence electrons. The number of hydrogen-bond donors (Lipinski definition) is 6. The number of likely N-dealkylation sites (N-methyl/N-ethyl adjacent to an activating group) is 1. The van der Waals surface area contributed by atoms with Crippen molar-refractivity contribution in [2.24, 2.45) is 0 Å². The average molecular weight is 679 g/mol. The van der Waals surface area contributed by atoms with E-state index in [-0.39, 0.29) is 54.9 Å². The van der Waals surface area contributed by atoms with Crippen LogP contribution in [0.5, 0.6) is 11.5 Å². The fourth-order valence-corrected chi connectivity index (χ4v) is 5.51. The summed E-state index contributed by atoms with van der Waals surface area (Å²) in [7, 11) is 1.60. The number of aromatic amines is 1. The molecule has 0 bridgehead atoms. The maximum atomic E-state index is 12.7. The first-order chi connectivity index (χ1) is 24.1. The van der Waals surface area contributed by atoms with Crippen LogP contribution in [0.1, 0.15) is 44.6 Å². The second-order valence-electron chi connectivity index (χ2n) is 11.7. The molecule has 5 aromatic rings. The fourth-order valence-electron chi connectivity index (χ4n) is 5.51. The van der Waals surface area contributed by atoms with Crippen molar-refractivity contribution in [3.8, 4) is 11.5 Å². The van der Waals surface area contributed by atoms with Crippen LogP contribution in [0.4, 0.5) is 0 Å². The molecule has 12 heteroatoms. The normalized spacial score (nSPS) is 12.2. The van der Waals surface area contributed by atoms with E-state index in [1.807, 2.05) is 6.07 Å². The quantitative estimate of drug-likeness (QED) is 0.0965. The summed E-state index contributed by atoms with van der Waals surface area (Å²) in [5.74, 6) is -2.17. The minimum atomic E-state index is -0.992. The van der Waals surface area contributed by atoms with Crippen LogP contribution in [0.2, 0.25) is 0 Å². The van der Waals surface area contributed by atoms with Crippen LogP contribution in [0.25, 0.3) is 10.9 Å². The van der Waals surface area contributed by atoms with Crippen molar-refractivity contribution in [2.45, 2.75) is 18.6 Å². The van der Waals surface area contributed by atoms with Gasteiger partial charge < -0.3 is 40.6 Å². The lowest BCUT2D eigenvalue weighted by molar-refractivity contribution is -0.137. The highest BCUT2D eigenvalue weighted by molar-refractivity contribution is 5.94. The fraction of sp³-hybridized carbons (Fsp3) is 0.211. The minimum Gasteiger partial charge on any atom is -0.506 e. The van der Waals surface area contributed by atoms with E-state index in [1.165, 1.54) is 17.0 Å².